The minimum absolute atomic E-state index is 0.323. The zero-order valence-corrected chi connectivity index (χ0v) is 45.2. The number of hydrogen-bond acceptors (Lipinski definition) is 4. The van der Waals surface area contributed by atoms with Crippen LogP contribution in [0.25, 0.3) is 19.5 Å². The molecule has 4 aromatic heterocycles. The van der Waals surface area contributed by atoms with Gasteiger partial charge in [0.1, 0.15) is 0 Å². The van der Waals surface area contributed by atoms with E-state index in [-0.39, 0.29) is 0 Å². The summed E-state index contributed by atoms with van der Waals surface area (Å²) in [5.74, 6) is 0. The Labute approximate surface area is 357 Å². The van der Waals surface area contributed by atoms with Crippen LogP contribution in [0.5, 0.6) is 0 Å². The molecule has 2 aliphatic rings. The van der Waals surface area contributed by atoms with Gasteiger partial charge in [0.25, 0.3) is 0 Å². The molecule has 0 bridgehead atoms. The van der Waals surface area contributed by atoms with Crippen molar-refractivity contribution in [3.63, 3.8) is 0 Å². The SMILES string of the molecule is CCCCCCC1(CCCCCC)c2c[c]([Sn]([CH3])([CH3])[CH3])sc2-c2s[c]([Sn]([CH3])([CH3])[CH3])cc21.CCCCCCC1(CCCCCC)c2ccsc2-c2sccc21. The van der Waals surface area contributed by atoms with E-state index in [1.54, 1.807) is 47.5 Å². The molecular formula is C48H76S4Sn2. The topological polar surface area (TPSA) is 0 Å². The van der Waals surface area contributed by atoms with Crippen molar-refractivity contribution in [1.29, 1.82) is 0 Å². The second-order valence-electron chi connectivity index (χ2n) is 18.9. The molecule has 0 saturated heterocycles. The molecule has 0 saturated carbocycles. The largest absolute Gasteiger partial charge is 0.143 e. The molecule has 0 amide bonds. The number of unbranched alkanes of at least 4 members (excludes halogenated alkanes) is 12. The summed E-state index contributed by atoms with van der Waals surface area (Å²) in [5, 5.41) is 4.64. The predicted molar refractivity (Wildman–Crippen MR) is 258 cm³/mol. The minimum Gasteiger partial charge on any atom is -0.143 e. The third-order valence-electron chi connectivity index (χ3n) is 12.6. The van der Waals surface area contributed by atoms with Crippen molar-refractivity contribution >= 4 is 87.9 Å². The summed E-state index contributed by atoms with van der Waals surface area (Å²) < 4.78 is 3.59. The molecule has 0 spiro atoms. The van der Waals surface area contributed by atoms with E-state index >= 15 is 0 Å². The van der Waals surface area contributed by atoms with Crippen LogP contribution in [0, 0.1) is 0 Å². The van der Waals surface area contributed by atoms with Crippen LogP contribution in [-0.2, 0) is 10.8 Å². The van der Waals surface area contributed by atoms with Crippen LogP contribution in [0.1, 0.15) is 178 Å². The first kappa shape index (κ1) is 45.5. The van der Waals surface area contributed by atoms with E-state index in [0.717, 1.165) is 0 Å². The van der Waals surface area contributed by atoms with Crippen molar-refractivity contribution < 1.29 is 0 Å². The van der Waals surface area contributed by atoms with Crippen LogP contribution in [0.2, 0.25) is 29.6 Å². The van der Waals surface area contributed by atoms with Crippen LogP contribution in [-0.4, -0.2) is 36.8 Å². The van der Waals surface area contributed by atoms with Gasteiger partial charge in [-0.05, 0) is 46.9 Å². The average Bonchev–Trinajstić information content (AvgIpc) is 3.97. The molecule has 0 aliphatic heterocycles. The Morgan fingerprint density at radius 1 is 0.407 bits per heavy atom. The standard InChI is InChI=1S/C21H30S2.C21H28S2.6CH3.2Sn/c2*1-3-5-7-9-13-21(14-10-8-6-4-2)17-11-15-22-19(17)20-18(21)12-16-23-20;;;;;;;;/h11-12,15-16H,3-10,13-14H2,1-2H3;11-12H,3-10,13-14H2,1-2H3;6*1H3;;. The number of fused-ring (bicyclic) bond motifs is 6. The number of thiophene rings is 4. The van der Waals surface area contributed by atoms with Crippen molar-refractivity contribution in [2.24, 2.45) is 0 Å². The second-order valence-corrected chi connectivity index (χ2v) is 53.7. The summed E-state index contributed by atoms with van der Waals surface area (Å²) in [5.41, 5.74) is 7.53. The summed E-state index contributed by atoms with van der Waals surface area (Å²) in [6.07, 6.45) is 27.5. The summed E-state index contributed by atoms with van der Waals surface area (Å²) in [4.78, 5) is 22.2. The van der Waals surface area contributed by atoms with Crippen molar-refractivity contribution in [2.75, 3.05) is 0 Å². The summed E-state index contributed by atoms with van der Waals surface area (Å²) in [7, 11) is 0. The molecule has 6 heteroatoms. The van der Waals surface area contributed by atoms with E-state index in [0.29, 0.717) is 10.8 Å². The molecule has 2 aliphatic carbocycles. The van der Waals surface area contributed by atoms with Gasteiger partial charge in [-0.25, -0.2) is 0 Å². The zero-order valence-electron chi connectivity index (χ0n) is 36.2. The molecule has 300 valence electrons. The fourth-order valence-electron chi connectivity index (χ4n) is 9.33. The predicted octanol–water partition coefficient (Wildman–Crippen LogP) is 17.1. The van der Waals surface area contributed by atoms with E-state index in [2.05, 4.69) is 115 Å². The van der Waals surface area contributed by atoms with Crippen LogP contribution < -0.4 is 5.79 Å². The van der Waals surface area contributed by atoms with Gasteiger partial charge in [-0.1, -0.05) is 65.2 Å². The minimum atomic E-state index is -2.08. The quantitative estimate of drug-likeness (QED) is 0.0544. The van der Waals surface area contributed by atoms with Gasteiger partial charge in [0.2, 0.25) is 0 Å². The molecule has 0 radical (unpaired) electrons. The van der Waals surface area contributed by atoms with Gasteiger partial charge in [0.05, 0.1) is 0 Å². The molecule has 0 unspecified atom stereocenters. The summed E-state index contributed by atoms with van der Waals surface area (Å²) in [6, 6.07) is 10.4. The maximum atomic E-state index is 2.74. The number of rotatable bonds is 22. The molecule has 0 nitrogen and oxygen atoms in total. The van der Waals surface area contributed by atoms with Crippen LogP contribution >= 0.6 is 45.3 Å². The van der Waals surface area contributed by atoms with Crippen molar-refractivity contribution in [3.05, 3.63) is 57.3 Å². The van der Waals surface area contributed by atoms with E-state index in [1.807, 2.05) is 22.7 Å². The van der Waals surface area contributed by atoms with Gasteiger partial charge in [0, 0.05) is 15.2 Å². The van der Waals surface area contributed by atoms with Gasteiger partial charge in [-0.15, -0.1) is 22.7 Å². The molecule has 6 rings (SSSR count). The number of hydrogen-bond donors (Lipinski definition) is 0. The smallest absolute Gasteiger partial charge is 0.0486 e. The second kappa shape index (κ2) is 20.6. The van der Waals surface area contributed by atoms with Crippen molar-refractivity contribution in [2.45, 2.75) is 197 Å². The summed E-state index contributed by atoms with van der Waals surface area (Å²) in [6.45, 7) is 9.30. The third-order valence-corrected chi connectivity index (χ3v) is 35.9. The average molecular weight is 1020 g/mol. The Bertz CT molecular complexity index is 1590. The Kier molecular flexibility index (Phi) is 17.3. The maximum absolute atomic E-state index is 2.74. The Morgan fingerprint density at radius 2 is 0.722 bits per heavy atom. The normalized spacial score (nSPS) is 15.1. The first-order valence-corrected chi connectivity index (χ1v) is 45.7. The Balaban J connectivity index is 0.000000217. The third kappa shape index (κ3) is 10.2. The van der Waals surface area contributed by atoms with Crippen LogP contribution in [0.15, 0.2) is 35.0 Å². The molecule has 0 atom stereocenters. The molecular weight excluding hydrogens is 942 g/mol. The zero-order chi connectivity index (χ0) is 39.0. The fraction of sp³-hybridized carbons (Fsp3) is 0.667. The molecule has 0 N–H and O–H groups in total. The Morgan fingerprint density at radius 3 is 1.02 bits per heavy atom. The molecule has 4 aromatic rings. The monoisotopic (exact) mass is 1020 g/mol. The summed E-state index contributed by atoms with van der Waals surface area (Å²) >= 11 is 4.19. The Hall–Kier alpha value is 0.397. The molecule has 4 heterocycles. The van der Waals surface area contributed by atoms with E-state index in [9.17, 15) is 0 Å². The van der Waals surface area contributed by atoms with E-state index in [1.165, 1.54) is 128 Å². The molecule has 0 aromatic carbocycles. The maximum Gasteiger partial charge on any atom is 0.0486 e. The molecule has 54 heavy (non-hydrogen) atoms. The van der Waals surface area contributed by atoms with Gasteiger partial charge in [-0.2, -0.15) is 0 Å². The van der Waals surface area contributed by atoms with E-state index in [4.69, 9.17) is 0 Å². The van der Waals surface area contributed by atoms with Gasteiger partial charge in [0.15, 0.2) is 0 Å². The van der Waals surface area contributed by atoms with Crippen molar-refractivity contribution in [1.82, 2.24) is 0 Å². The fourth-order valence-corrected chi connectivity index (χ4v) is 24.6. The van der Waals surface area contributed by atoms with Gasteiger partial charge >= 0.3 is 211 Å². The first-order valence-electron chi connectivity index (χ1n) is 22.3. The van der Waals surface area contributed by atoms with Crippen LogP contribution in [0.4, 0.5) is 0 Å². The molecule has 0 fully saturated rings. The van der Waals surface area contributed by atoms with Gasteiger partial charge < -0.3 is 0 Å². The van der Waals surface area contributed by atoms with Crippen molar-refractivity contribution in [3.8, 4) is 19.5 Å². The van der Waals surface area contributed by atoms with Crippen LogP contribution in [0.3, 0.4) is 0 Å². The van der Waals surface area contributed by atoms with E-state index < -0.39 is 36.8 Å². The first-order chi connectivity index (χ1) is 25.9. The van der Waals surface area contributed by atoms with Gasteiger partial charge in [-0.3, -0.25) is 0 Å².